The molecular formula is C29H30N2O. The zero-order valence-electron chi connectivity index (χ0n) is 18.9. The Kier molecular flexibility index (Phi) is 6.96. The molecule has 0 saturated carbocycles. The second-order valence-electron chi connectivity index (χ2n) is 8.30. The third kappa shape index (κ3) is 5.05. The molecule has 3 aromatic carbocycles. The van der Waals surface area contributed by atoms with E-state index >= 15 is 0 Å². The minimum absolute atomic E-state index is 0.0830. The highest BCUT2D eigenvalue weighted by molar-refractivity contribution is 5.63. The van der Waals surface area contributed by atoms with E-state index in [2.05, 4.69) is 67.6 Å². The lowest BCUT2D eigenvalue weighted by Gasteiger charge is -2.16. The van der Waals surface area contributed by atoms with E-state index in [-0.39, 0.29) is 5.56 Å². The fourth-order valence-corrected chi connectivity index (χ4v) is 4.09. The molecule has 3 nitrogen and oxygen atoms in total. The Labute approximate surface area is 190 Å². The number of nitrogens with zero attached hydrogens (tertiary/aromatic N) is 2. The first kappa shape index (κ1) is 21.8. The molecule has 1 heterocycles. The number of aromatic nitrogens is 2. The molecule has 0 fully saturated rings. The van der Waals surface area contributed by atoms with Crippen molar-refractivity contribution in [3.05, 3.63) is 123 Å². The van der Waals surface area contributed by atoms with E-state index in [1.165, 1.54) is 11.1 Å². The maximum atomic E-state index is 13.6. The van der Waals surface area contributed by atoms with Gasteiger partial charge in [-0.15, -0.1) is 0 Å². The van der Waals surface area contributed by atoms with Crippen LogP contribution in [0.2, 0.25) is 0 Å². The van der Waals surface area contributed by atoms with Gasteiger partial charge in [0.25, 0.3) is 5.56 Å². The normalized spacial score (nSPS) is 10.9. The number of aryl methyl sites for hydroxylation is 2. The molecule has 162 valence electrons. The average Bonchev–Trinajstić information content (AvgIpc) is 2.84. The minimum atomic E-state index is 0.0830. The number of benzene rings is 3. The van der Waals surface area contributed by atoms with Crippen molar-refractivity contribution in [3.8, 4) is 11.1 Å². The monoisotopic (exact) mass is 422 g/mol. The smallest absolute Gasteiger partial charge is 0.257 e. The van der Waals surface area contributed by atoms with Crippen LogP contribution >= 0.6 is 0 Å². The summed E-state index contributed by atoms with van der Waals surface area (Å²) in [5.41, 5.74) is 6.49. The molecule has 0 atom stereocenters. The van der Waals surface area contributed by atoms with Crippen molar-refractivity contribution < 1.29 is 0 Å². The number of unbranched alkanes of at least 4 members (excludes halogenated alkanes) is 1. The van der Waals surface area contributed by atoms with Crippen LogP contribution in [0.25, 0.3) is 11.1 Å². The molecule has 0 unspecified atom stereocenters. The van der Waals surface area contributed by atoms with Crippen LogP contribution in [0.1, 0.15) is 48.0 Å². The van der Waals surface area contributed by atoms with E-state index in [1.807, 2.05) is 35.8 Å². The Morgan fingerprint density at radius 2 is 1.41 bits per heavy atom. The molecule has 0 N–H and O–H groups in total. The molecular weight excluding hydrogens is 392 g/mol. The fraction of sp³-hybridized carbons (Fsp3) is 0.241. The Morgan fingerprint density at radius 1 is 0.781 bits per heavy atom. The van der Waals surface area contributed by atoms with Crippen LogP contribution in [-0.2, 0) is 19.4 Å². The quantitative estimate of drug-likeness (QED) is 0.339. The van der Waals surface area contributed by atoms with Crippen molar-refractivity contribution in [3.63, 3.8) is 0 Å². The summed E-state index contributed by atoms with van der Waals surface area (Å²) in [5, 5.41) is 0. The van der Waals surface area contributed by atoms with Gasteiger partial charge in [0.15, 0.2) is 0 Å². The van der Waals surface area contributed by atoms with E-state index in [1.54, 1.807) is 0 Å². The van der Waals surface area contributed by atoms with Gasteiger partial charge in [-0.2, -0.15) is 0 Å². The summed E-state index contributed by atoms with van der Waals surface area (Å²) < 4.78 is 1.82. The lowest BCUT2D eigenvalue weighted by atomic mass is 9.98. The van der Waals surface area contributed by atoms with Gasteiger partial charge < -0.3 is 0 Å². The maximum Gasteiger partial charge on any atom is 0.257 e. The van der Waals surface area contributed by atoms with Gasteiger partial charge >= 0.3 is 0 Å². The van der Waals surface area contributed by atoms with Crippen molar-refractivity contribution in [2.45, 2.75) is 46.1 Å². The standard InChI is InChI=1S/C29H30N2O/c1-3-4-15-28-27(20-23-16-18-26(19-17-23)25-13-9-6-10-14-25)29(32)31(22(2)30-28)21-24-11-7-5-8-12-24/h5-14,16-19H,3-4,15,20-21H2,1-2H3. The summed E-state index contributed by atoms with van der Waals surface area (Å²) in [7, 11) is 0. The average molecular weight is 423 g/mol. The number of hydrogen-bond acceptors (Lipinski definition) is 2. The summed E-state index contributed by atoms with van der Waals surface area (Å²) in [6, 6.07) is 29.0. The summed E-state index contributed by atoms with van der Waals surface area (Å²) in [5.74, 6) is 0.785. The highest BCUT2D eigenvalue weighted by atomic mass is 16.1. The first-order valence-corrected chi connectivity index (χ1v) is 11.4. The molecule has 0 bridgehead atoms. The zero-order valence-corrected chi connectivity index (χ0v) is 18.9. The van der Waals surface area contributed by atoms with E-state index in [0.29, 0.717) is 13.0 Å². The Balaban J connectivity index is 1.68. The summed E-state index contributed by atoms with van der Waals surface area (Å²) in [6.07, 6.45) is 3.57. The lowest BCUT2D eigenvalue weighted by molar-refractivity contribution is 0.662. The summed E-state index contributed by atoms with van der Waals surface area (Å²) >= 11 is 0. The number of hydrogen-bond donors (Lipinski definition) is 0. The highest BCUT2D eigenvalue weighted by Gasteiger charge is 2.15. The lowest BCUT2D eigenvalue weighted by Crippen LogP contribution is -2.30. The predicted molar refractivity (Wildman–Crippen MR) is 132 cm³/mol. The third-order valence-corrected chi connectivity index (χ3v) is 5.93. The highest BCUT2D eigenvalue weighted by Crippen LogP contribution is 2.21. The molecule has 0 aliphatic carbocycles. The van der Waals surface area contributed by atoms with Crippen LogP contribution in [0.15, 0.2) is 89.7 Å². The molecule has 4 rings (SSSR count). The van der Waals surface area contributed by atoms with Crippen molar-refractivity contribution in [1.82, 2.24) is 9.55 Å². The topological polar surface area (TPSA) is 34.9 Å². The molecule has 0 aliphatic heterocycles. The second kappa shape index (κ2) is 10.2. The molecule has 0 saturated heterocycles. The molecule has 0 amide bonds. The second-order valence-corrected chi connectivity index (χ2v) is 8.30. The third-order valence-electron chi connectivity index (χ3n) is 5.93. The van der Waals surface area contributed by atoms with Crippen molar-refractivity contribution in [1.29, 1.82) is 0 Å². The van der Waals surface area contributed by atoms with Gasteiger partial charge in [0.2, 0.25) is 0 Å². The van der Waals surface area contributed by atoms with Crippen molar-refractivity contribution in [2.75, 3.05) is 0 Å². The van der Waals surface area contributed by atoms with Crippen LogP contribution < -0.4 is 5.56 Å². The van der Waals surface area contributed by atoms with E-state index in [9.17, 15) is 4.79 Å². The van der Waals surface area contributed by atoms with Crippen LogP contribution in [0.4, 0.5) is 0 Å². The SMILES string of the molecule is CCCCc1nc(C)n(Cc2ccccc2)c(=O)c1Cc1ccc(-c2ccccc2)cc1. The Morgan fingerprint density at radius 3 is 2.06 bits per heavy atom. The molecule has 0 spiro atoms. The van der Waals surface area contributed by atoms with Crippen LogP contribution in [0, 0.1) is 6.92 Å². The summed E-state index contributed by atoms with van der Waals surface area (Å²) in [6.45, 7) is 4.66. The summed E-state index contributed by atoms with van der Waals surface area (Å²) in [4.78, 5) is 18.5. The number of rotatable bonds is 8. The van der Waals surface area contributed by atoms with Gasteiger partial charge in [0, 0.05) is 12.0 Å². The molecule has 0 aliphatic rings. The fourth-order valence-electron chi connectivity index (χ4n) is 4.09. The van der Waals surface area contributed by atoms with E-state index in [4.69, 9.17) is 4.98 Å². The van der Waals surface area contributed by atoms with Gasteiger partial charge in [0.1, 0.15) is 5.82 Å². The predicted octanol–water partition coefficient (Wildman–Crippen LogP) is 6.20. The largest absolute Gasteiger partial charge is 0.292 e. The van der Waals surface area contributed by atoms with Crippen molar-refractivity contribution >= 4 is 0 Å². The van der Waals surface area contributed by atoms with E-state index < -0.39 is 0 Å². The van der Waals surface area contributed by atoms with E-state index in [0.717, 1.165) is 47.5 Å². The molecule has 32 heavy (non-hydrogen) atoms. The molecule has 1 aromatic heterocycles. The molecule has 0 radical (unpaired) electrons. The molecule has 3 heteroatoms. The zero-order chi connectivity index (χ0) is 22.3. The van der Waals surface area contributed by atoms with Gasteiger partial charge in [0.05, 0.1) is 12.2 Å². The van der Waals surface area contributed by atoms with Gasteiger partial charge in [-0.1, -0.05) is 98.3 Å². The molecule has 4 aromatic rings. The van der Waals surface area contributed by atoms with Gasteiger partial charge in [-0.3, -0.25) is 9.36 Å². The Hall–Kier alpha value is -3.46. The first-order chi connectivity index (χ1) is 15.7. The van der Waals surface area contributed by atoms with Crippen LogP contribution in [0.5, 0.6) is 0 Å². The Bertz CT molecular complexity index is 1210. The maximum absolute atomic E-state index is 13.6. The van der Waals surface area contributed by atoms with Gasteiger partial charge in [-0.05, 0) is 42.0 Å². The minimum Gasteiger partial charge on any atom is -0.292 e. The van der Waals surface area contributed by atoms with Crippen molar-refractivity contribution in [2.24, 2.45) is 0 Å². The van der Waals surface area contributed by atoms with Gasteiger partial charge in [-0.25, -0.2) is 4.98 Å². The van der Waals surface area contributed by atoms with Crippen LogP contribution in [-0.4, -0.2) is 9.55 Å². The first-order valence-electron chi connectivity index (χ1n) is 11.4. The van der Waals surface area contributed by atoms with Crippen LogP contribution in [0.3, 0.4) is 0 Å².